The van der Waals surface area contributed by atoms with Gasteiger partial charge in [-0.05, 0) is 61.9 Å². The molecule has 1 aliphatic rings. The largest absolute Gasteiger partial charge is 0.573 e. The number of rotatable bonds is 8. The SMILES string of the molecule is COc1ccc(C(O)=[N+]2C(C)=C(Cc3ccccc3OC(C)(C)C(=O)O)c3cc(OC(F)(F)F)ccc32)cc1. The van der Waals surface area contributed by atoms with Crippen molar-refractivity contribution in [1.82, 2.24) is 0 Å². The minimum absolute atomic E-state index is 0.132. The third-order valence-corrected chi connectivity index (χ3v) is 6.32. The predicted octanol–water partition coefficient (Wildman–Crippen LogP) is 6.47. The number of methoxy groups -OCH3 is 1. The van der Waals surface area contributed by atoms with Gasteiger partial charge in [0.15, 0.2) is 11.3 Å². The molecule has 7 nitrogen and oxygen atoms in total. The summed E-state index contributed by atoms with van der Waals surface area (Å²) in [6, 6.07) is 17.4. The Kier molecular flexibility index (Phi) is 7.32. The Bertz CT molecular complexity index is 1470. The van der Waals surface area contributed by atoms with E-state index in [1.165, 1.54) is 39.2 Å². The Morgan fingerprint density at radius 1 is 0.923 bits per heavy atom. The number of hydrogen-bond acceptors (Lipinski definition) is 4. The lowest BCUT2D eigenvalue weighted by Gasteiger charge is -2.23. The van der Waals surface area contributed by atoms with Crippen LogP contribution in [-0.2, 0) is 11.2 Å². The summed E-state index contributed by atoms with van der Waals surface area (Å²) in [7, 11) is 1.52. The summed E-state index contributed by atoms with van der Waals surface area (Å²) in [6.07, 6.45) is -4.71. The molecular formula is C29H27F3NO6+. The van der Waals surface area contributed by atoms with Crippen LogP contribution >= 0.6 is 0 Å². The van der Waals surface area contributed by atoms with E-state index in [4.69, 9.17) is 9.47 Å². The van der Waals surface area contributed by atoms with Gasteiger partial charge >= 0.3 is 18.2 Å². The summed E-state index contributed by atoms with van der Waals surface area (Å²) in [4.78, 5) is 11.7. The van der Waals surface area contributed by atoms with Crippen molar-refractivity contribution in [3.05, 3.63) is 89.1 Å². The van der Waals surface area contributed by atoms with E-state index in [0.29, 0.717) is 45.1 Å². The summed E-state index contributed by atoms with van der Waals surface area (Å²) in [6.45, 7) is 4.59. The minimum Gasteiger partial charge on any atom is -0.497 e. The van der Waals surface area contributed by atoms with Crippen LogP contribution < -0.4 is 14.2 Å². The third kappa shape index (κ3) is 5.84. The highest BCUT2D eigenvalue weighted by Crippen LogP contribution is 2.43. The number of fused-ring (bicyclic) bond motifs is 1. The Morgan fingerprint density at radius 2 is 1.56 bits per heavy atom. The number of aliphatic carboxylic acids is 1. The molecule has 2 N–H and O–H groups in total. The van der Waals surface area contributed by atoms with Gasteiger partial charge in [-0.15, -0.1) is 17.7 Å². The van der Waals surface area contributed by atoms with Crippen molar-refractivity contribution in [1.29, 1.82) is 0 Å². The third-order valence-electron chi connectivity index (χ3n) is 6.32. The van der Waals surface area contributed by atoms with Gasteiger partial charge in [-0.2, -0.15) is 0 Å². The van der Waals surface area contributed by atoms with E-state index in [0.717, 1.165) is 0 Å². The number of carbonyl (C=O) groups is 1. The fourth-order valence-electron chi connectivity index (χ4n) is 4.28. The Labute approximate surface area is 223 Å². The highest BCUT2D eigenvalue weighted by atomic mass is 19.4. The molecule has 1 aliphatic heterocycles. The maximum Gasteiger partial charge on any atom is 0.573 e. The molecule has 0 unspecified atom stereocenters. The van der Waals surface area contributed by atoms with Gasteiger partial charge in [-0.3, -0.25) is 0 Å². The average Bonchev–Trinajstić information content (AvgIpc) is 3.14. The molecule has 0 aromatic heterocycles. The molecule has 0 bridgehead atoms. The van der Waals surface area contributed by atoms with Crippen LogP contribution in [-0.4, -0.2) is 45.7 Å². The number of ether oxygens (including phenoxy) is 3. The van der Waals surface area contributed by atoms with Gasteiger partial charge in [0, 0.05) is 25.0 Å². The number of allylic oxidation sites excluding steroid dienone is 2. The number of carboxylic acid groups (broad SMARTS) is 1. The lowest BCUT2D eigenvalue weighted by atomic mass is 9.97. The zero-order chi connectivity index (χ0) is 28.5. The van der Waals surface area contributed by atoms with Gasteiger partial charge in [0.1, 0.15) is 17.2 Å². The monoisotopic (exact) mass is 542 g/mol. The number of nitrogens with zero attached hydrogens (tertiary/aromatic N) is 1. The van der Waals surface area contributed by atoms with Crippen LogP contribution in [0.3, 0.4) is 0 Å². The number of hydrogen-bond donors (Lipinski definition) is 2. The predicted molar refractivity (Wildman–Crippen MR) is 138 cm³/mol. The second-order valence-electron chi connectivity index (χ2n) is 9.38. The highest BCUT2D eigenvalue weighted by molar-refractivity contribution is 5.92. The van der Waals surface area contributed by atoms with Crippen LogP contribution in [0.15, 0.2) is 72.4 Å². The number of aliphatic hydroxyl groups excluding tert-OH is 1. The smallest absolute Gasteiger partial charge is 0.497 e. The Morgan fingerprint density at radius 3 is 2.18 bits per heavy atom. The molecule has 1 heterocycles. The van der Waals surface area contributed by atoms with Gasteiger partial charge in [0.2, 0.25) is 5.69 Å². The van der Waals surface area contributed by atoms with Crippen LogP contribution in [0.5, 0.6) is 17.2 Å². The first-order valence-corrected chi connectivity index (χ1v) is 11.9. The van der Waals surface area contributed by atoms with Gasteiger partial charge in [0.25, 0.3) is 0 Å². The number of alkyl halides is 3. The molecule has 0 amide bonds. The van der Waals surface area contributed by atoms with E-state index < -0.39 is 23.7 Å². The Hall–Kier alpha value is -4.47. The molecule has 39 heavy (non-hydrogen) atoms. The van der Waals surface area contributed by atoms with Crippen molar-refractivity contribution in [3.8, 4) is 17.2 Å². The minimum atomic E-state index is -4.88. The second-order valence-corrected chi connectivity index (χ2v) is 9.38. The molecule has 4 rings (SSSR count). The first-order valence-electron chi connectivity index (χ1n) is 11.9. The molecule has 3 aromatic carbocycles. The van der Waals surface area contributed by atoms with Crippen LogP contribution in [0.25, 0.3) is 5.57 Å². The molecule has 0 aliphatic carbocycles. The lowest BCUT2D eigenvalue weighted by molar-refractivity contribution is -0.387. The number of halogens is 3. The van der Waals surface area contributed by atoms with Gasteiger partial charge < -0.3 is 24.4 Å². The van der Waals surface area contributed by atoms with Crippen molar-refractivity contribution in [2.45, 2.75) is 39.2 Å². The van der Waals surface area contributed by atoms with Crippen LogP contribution in [0, 0.1) is 0 Å². The normalized spacial score (nSPS) is 14.6. The quantitative estimate of drug-likeness (QED) is 0.251. The molecule has 204 valence electrons. The maximum absolute atomic E-state index is 13.0. The Balaban J connectivity index is 1.85. The maximum atomic E-state index is 13.0. The van der Waals surface area contributed by atoms with E-state index in [9.17, 15) is 28.2 Å². The van der Waals surface area contributed by atoms with E-state index >= 15 is 0 Å². The fourth-order valence-corrected chi connectivity index (χ4v) is 4.28. The number of aliphatic hydroxyl groups is 1. The standard InChI is InChI=1S/C29H26F3NO6/c1-17-22(15-19-7-5-6-8-25(19)39-28(2,3)27(35)36)23-16-21(38-29(30,31)32)13-14-24(23)33(17)26(34)18-9-11-20(37-4)12-10-18/h5-14,16H,15H2,1-4H3,(H,35,36)/p+1. The van der Waals surface area contributed by atoms with Crippen molar-refractivity contribution in [3.63, 3.8) is 0 Å². The van der Waals surface area contributed by atoms with Crippen LogP contribution in [0.4, 0.5) is 18.9 Å². The molecule has 3 aromatic rings. The average molecular weight is 543 g/mol. The van der Waals surface area contributed by atoms with E-state index in [1.807, 2.05) is 0 Å². The molecule has 0 saturated carbocycles. The molecule has 10 heteroatoms. The van der Waals surface area contributed by atoms with Crippen molar-refractivity contribution >= 4 is 23.1 Å². The summed E-state index contributed by atoms with van der Waals surface area (Å²) in [5, 5.41) is 20.8. The zero-order valence-corrected chi connectivity index (χ0v) is 21.7. The fraction of sp³-hybridized carbons (Fsp3) is 0.241. The molecular weight excluding hydrogens is 515 g/mol. The number of para-hydroxylation sites is 1. The number of carboxylic acids is 1. The molecule has 0 atom stereocenters. The van der Waals surface area contributed by atoms with Crippen molar-refractivity contribution in [2.75, 3.05) is 7.11 Å². The molecule has 0 fully saturated rings. The van der Waals surface area contributed by atoms with E-state index in [1.54, 1.807) is 60.0 Å². The molecule has 0 spiro atoms. The summed E-state index contributed by atoms with van der Waals surface area (Å²) >= 11 is 0. The summed E-state index contributed by atoms with van der Waals surface area (Å²) in [5.74, 6) is -0.785. The van der Waals surface area contributed by atoms with E-state index in [-0.39, 0.29) is 12.3 Å². The first kappa shape index (κ1) is 27.6. The highest BCUT2D eigenvalue weighted by Gasteiger charge is 2.38. The first-order chi connectivity index (χ1) is 18.3. The summed E-state index contributed by atoms with van der Waals surface area (Å²) < 4.78 is 55.7. The van der Waals surface area contributed by atoms with Gasteiger partial charge in [-0.1, -0.05) is 18.2 Å². The zero-order valence-electron chi connectivity index (χ0n) is 21.7. The number of benzene rings is 3. The second kappa shape index (κ2) is 10.4. The summed E-state index contributed by atoms with van der Waals surface area (Å²) in [5.41, 5.74) is 1.59. The lowest BCUT2D eigenvalue weighted by Crippen LogP contribution is -2.38. The van der Waals surface area contributed by atoms with Gasteiger partial charge in [0.05, 0.1) is 18.2 Å². The van der Waals surface area contributed by atoms with Gasteiger partial charge in [-0.25, -0.2) is 4.79 Å². The van der Waals surface area contributed by atoms with Crippen molar-refractivity contribution in [2.24, 2.45) is 0 Å². The van der Waals surface area contributed by atoms with E-state index in [2.05, 4.69) is 4.74 Å². The molecule has 0 radical (unpaired) electrons. The van der Waals surface area contributed by atoms with Crippen molar-refractivity contribution < 1.29 is 47.0 Å². The molecule has 0 saturated heterocycles. The topological polar surface area (TPSA) is 88.2 Å². The van der Waals surface area contributed by atoms with Crippen LogP contribution in [0.1, 0.15) is 37.5 Å². The van der Waals surface area contributed by atoms with Crippen LogP contribution in [0.2, 0.25) is 0 Å².